The molecule has 0 radical (unpaired) electrons. The molecule has 0 heterocycles. The van der Waals surface area contributed by atoms with Crippen LogP contribution < -0.4 is 14.4 Å². The van der Waals surface area contributed by atoms with E-state index in [0.29, 0.717) is 40.1 Å². The van der Waals surface area contributed by atoms with Gasteiger partial charge in [-0.2, -0.15) is 0 Å². The maximum absolute atomic E-state index is 13.5. The van der Waals surface area contributed by atoms with E-state index < -0.39 is 16.1 Å². The molecule has 0 unspecified atom stereocenters. The van der Waals surface area contributed by atoms with E-state index in [1.807, 2.05) is 27.7 Å². The Morgan fingerprint density at radius 3 is 2.34 bits per heavy atom. The van der Waals surface area contributed by atoms with Gasteiger partial charge in [0.2, 0.25) is 21.8 Å². The van der Waals surface area contributed by atoms with Gasteiger partial charge < -0.3 is 15.0 Å². The molecule has 1 N–H and O–H groups in total. The Morgan fingerprint density at radius 2 is 1.76 bits per heavy atom. The Morgan fingerprint density at radius 1 is 1.08 bits per heavy atom. The van der Waals surface area contributed by atoms with Gasteiger partial charge >= 0.3 is 0 Å². The number of ether oxygens (including phenoxy) is 1. The van der Waals surface area contributed by atoms with E-state index in [9.17, 15) is 18.0 Å². The summed E-state index contributed by atoms with van der Waals surface area (Å²) in [5, 5.41) is 3.74. The fourth-order valence-electron chi connectivity index (χ4n) is 4.06. The third-order valence-electron chi connectivity index (χ3n) is 5.76. The smallest absolute Gasteiger partial charge is 0.243 e. The minimum atomic E-state index is -3.65. The van der Waals surface area contributed by atoms with E-state index in [1.54, 1.807) is 42.5 Å². The molecule has 2 aromatic carbocycles. The maximum atomic E-state index is 13.5. The summed E-state index contributed by atoms with van der Waals surface area (Å²) >= 11 is 12.4. The predicted molar refractivity (Wildman–Crippen MR) is 153 cm³/mol. The van der Waals surface area contributed by atoms with E-state index in [0.717, 1.165) is 6.26 Å². The van der Waals surface area contributed by atoms with E-state index >= 15 is 0 Å². The van der Waals surface area contributed by atoms with Gasteiger partial charge in [0, 0.05) is 35.6 Å². The van der Waals surface area contributed by atoms with Crippen molar-refractivity contribution in [3.63, 3.8) is 0 Å². The predicted octanol–water partition coefficient (Wildman–Crippen LogP) is 5.27. The highest BCUT2D eigenvalue weighted by Crippen LogP contribution is 2.30. The van der Waals surface area contributed by atoms with Gasteiger partial charge in [0.15, 0.2) is 0 Å². The summed E-state index contributed by atoms with van der Waals surface area (Å²) in [7, 11) is -3.65. The average molecular weight is 587 g/mol. The van der Waals surface area contributed by atoms with Crippen LogP contribution in [-0.2, 0) is 26.2 Å². The number of hydrogen-bond acceptors (Lipinski definition) is 5. The molecule has 11 heteroatoms. The monoisotopic (exact) mass is 585 g/mol. The summed E-state index contributed by atoms with van der Waals surface area (Å²) in [6.07, 6.45) is 1.78. The SMILES string of the molecule is CCOc1ccccc1N(CCCC(=O)N(Cc1ccc(Cl)cc1Cl)[C@H](CC)C(=O)NC(C)C)S(C)(=O)=O. The average Bonchev–Trinajstić information content (AvgIpc) is 2.82. The minimum absolute atomic E-state index is 0.0273. The summed E-state index contributed by atoms with van der Waals surface area (Å²) < 4.78 is 32.2. The zero-order chi connectivity index (χ0) is 28.5. The van der Waals surface area contributed by atoms with Crippen LogP contribution in [0.5, 0.6) is 5.75 Å². The molecule has 0 bridgehead atoms. The van der Waals surface area contributed by atoms with Crippen molar-refractivity contribution in [2.45, 2.75) is 65.6 Å². The van der Waals surface area contributed by atoms with Crippen molar-refractivity contribution in [2.75, 3.05) is 23.7 Å². The summed E-state index contributed by atoms with van der Waals surface area (Å²) in [5.41, 5.74) is 1.07. The van der Waals surface area contributed by atoms with Crippen LogP contribution in [0.1, 0.15) is 52.5 Å². The first-order chi connectivity index (χ1) is 17.9. The molecule has 0 aliphatic carbocycles. The topological polar surface area (TPSA) is 96.0 Å². The molecular formula is C27H37Cl2N3O5S. The van der Waals surface area contributed by atoms with Crippen molar-refractivity contribution in [3.05, 3.63) is 58.1 Å². The number of benzene rings is 2. The van der Waals surface area contributed by atoms with Gasteiger partial charge in [-0.15, -0.1) is 0 Å². The van der Waals surface area contributed by atoms with Crippen LogP contribution in [0.3, 0.4) is 0 Å². The fraction of sp³-hybridized carbons (Fsp3) is 0.481. The van der Waals surface area contributed by atoms with Crippen LogP contribution in [0.4, 0.5) is 5.69 Å². The standard InChI is InChI=1S/C27H37Cl2N3O5S/c1-6-23(27(34)30-19(3)4)31(18-20-14-15-21(28)17-22(20)29)26(33)13-10-16-32(38(5,35)36)24-11-8-9-12-25(24)37-7-2/h8-9,11-12,14-15,17,19,23H,6-7,10,13,16,18H2,1-5H3,(H,30,34)/t23-/m1/s1. The van der Waals surface area contributed by atoms with Gasteiger partial charge in [0.1, 0.15) is 11.8 Å². The molecule has 0 aromatic heterocycles. The molecule has 0 fully saturated rings. The van der Waals surface area contributed by atoms with Gasteiger partial charge in [-0.3, -0.25) is 13.9 Å². The third-order valence-corrected chi connectivity index (χ3v) is 7.53. The first kappa shape index (κ1) is 31.7. The van der Waals surface area contributed by atoms with Crippen LogP contribution in [0, 0.1) is 0 Å². The lowest BCUT2D eigenvalue weighted by atomic mass is 10.1. The number of sulfonamides is 1. The van der Waals surface area contributed by atoms with E-state index in [-0.39, 0.29) is 43.8 Å². The van der Waals surface area contributed by atoms with E-state index in [4.69, 9.17) is 27.9 Å². The second kappa shape index (κ2) is 14.6. The van der Waals surface area contributed by atoms with Crippen LogP contribution >= 0.6 is 23.2 Å². The van der Waals surface area contributed by atoms with Crippen LogP contribution in [0.2, 0.25) is 10.0 Å². The molecular weight excluding hydrogens is 549 g/mol. The van der Waals surface area contributed by atoms with Crippen molar-refractivity contribution < 1.29 is 22.7 Å². The number of amides is 2. The number of hydrogen-bond donors (Lipinski definition) is 1. The Balaban J connectivity index is 2.29. The highest BCUT2D eigenvalue weighted by atomic mass is 35.5. The van der Waals surface area contributed by atoms with Crippen LogP contribution in [0.15, 0.2) is 42.5 Å². The molecule has 2 rings (SSSR count). The van der Waals surface area contributed by atoms with Crippen molar-refractivity contribution in [1.82, 2.24) is 10.2 Å². The molecule has 0 aliphatic rings. The molecule has 2 amide bonds. The lowest BCUT2D eigenvalue weighted by Gasteiger charge is -2.32. The number of carbonyl (C=O) groups excluding carboxylic acids is 2. The zero-order valence-electron chi connectivity index (χ0n) is 22.5. The van der Waals surface area contributed by atoms with E-state index in [1.165, 1.54) is 9.21 Å². The van der Waals surface area contributed by atoms with Gasteiger partial charge in [-0.1, -0.05) is 48.3 Å². The molecule has 0 aliphatic heterocycles. The summed E-state index contributed by atoms with van der Waals surface area (Å²) in [6, 6.07) is 11.1. The quantitative estimate of drug-likeness (QED) is 0.326. The first-order valence-corrected chi connectivity index (χ1v) is 15.2. The van der Waals surface area contributed by atoms with Crippen molar-refractivity contribution in [1.29, 1.82) is 0 Å². The van der Waals surface area contributed by atoms with Gasteiger partial charge in [0.25, 0.3) is 0 Å². The van der Waals surface area contributed by atoms with Gasteiger partial charge in [-0.25, -0.2) is 8.42 Å². The number of carbonyl (C=O) groups is 2. The molecule has 1 atom stereocenters. The largest absolute Gasteiger partial charge is 0.492 e. The lowest BCUT2D eigenvalue weighted by Crippen LogP contribution is -2.50. The van der Waals surface area contributed by atoms with Crippen molar-refractivity contribution >= 4 is 50.7 Å². The Hall–Kier alpha value is -2.49. The molecule has 0 saturated heterocycles. The van der Waals surface area contributed by atoms with E-state index in [2.05, 4.69) is 5.32 Å². The second-order valence-corrected chi connectivity index (χ2v) is 11.9. The molecule has 8 nitrogen and oxygen atoms in total. The molecule has 210 valence electrons. The van der Waals surface area contributed by atoms with Gasteiger partial charge in [-0.05, 0) is 63.4 Å². The normalized spacial score (nSPS) is 12.2. The van der Waals surface area contributed by atoms with Crippen molar-refractivity contribution in [2.24, 2.45) is 0 Å². The van der Waals surface area contributed by atoms with Gasteiger partial charge in [0.05, 0.1) is 18.6 Å². The Bertz CT molecular complexity index is 1210. The first-order valence-electron chi connectivity index (χ1n) is 12.6. The molecule has 2 aromatic rings. The molecule has 38 heavy (non-hydrogen) atoms. The maximum Gasteiger partial charge on any atom is 0.243 e. The highest BCUT2D eigenvalue weighted by molar-refractivity contribution is 7.92. The summed E-state index contributed by atoms with van der Waals surface area (Å²) in [4.78, 5) is 28.0. The molecule has 0 spiro atoms. The minimum Gasteiger partial charge on any atom is -0.492 e. The van der Waals surface area contributed by atoms with Crippen LogP contribution in [0.25, 0.3) is 0 Å². The number of anilines is 1. The fourth-order valence-corrected chi connectivity index (χ4v) is 5.49. The number of halogens is 2. The van der Waals surface area contributed by atoms with Crippen LogP contribution in [-0.4, -0.2) is 56.6 Å². The third kappa shape index (κ3) is 9.06. The summed E-state index contributed by atoms with van der Waals surface area (Å²) in [6.45, 7) is 7.93. The lowest BCUT2D eigenvalue weighted by molar-refractivity contribution is -0.141. The Labute approximate surface area is 236 Å². The molecule has 0 saturated carbocycles. The second-order valence-electron chi connectivity index (χ2n) is 9.18. The summed E-state index contributed by atoms with van der Waals surface area (Å²) in [5.74, 6) is -0.0974. The number of para-hydroxylation sites is 2. The number of nitrogens with one attached hydrogen (secondary N) is 1. The zero-order valence-corrected chi connectivity index (χ0v) is 24.9. The number of nitrogens with zero attached hydrogens (tertiary/aromatic N) is 2. The highest BCUT2D eigenvalue weighted by Gasteiger charge is 2.30. The Kier molecular flexibility index (Phi) is 12.2. The number of rotatable bonds is 14. The van der Waals surface area contributed by atoms with Crippen molar-refractivity contribution in [3.8, 4) is 5.75 Å².